The van der Waals surface area contributed by atoms with Crippen LogP contribution in [0.5, 0.6) is 0 Å². The zero-order valence-electron chi connectivity index (χ0n) is 22.3. The summed E-state index contributed by atoms with van der Waals surface area (Å²) < 4.78 is 18.4. The molecule has 0 saturated carbocycles. The molecule has 1 amide bonds. The monoisotopic (exact) mass is 488 g/mol. The van der Waals surface area contributed by atoms with Crippen molar-refractivity contribution in [1.29, 1.82) is 5.26 Å². The number of nitriles is 1. The Morgan fingerprint density at radius 2 is 1.61 bits per heavy atom. The van der Waals surface area contributed by atoms with E-state index in [1.54, 1.807) is 4.90 Å². The molecule has 6 nitrogen and oxygen atoms in total. The number of amides is 1. The molecular weight excluding hydrogens is 451 g/mol. The van der Waals surface area contributed by atoms with Gasteiger partial charge in [-0.15, -0.1) is 0 Å². The van der Waals surface area contributed by atoms with Gasteiger partial charge in [0.15, 0.2) is 0 Å². The topological polar surface area (TPSA) is 71.8 Å². The maximum Gasteiger partial charge on any atom is 0.494 e. The van der Waals surface area contributed by atoms with Crippen LogP contribution in [0, 0.1) is 16.7 Å². The Kier molecular flexibility index (Phi) is 6.98. The summed E-state index contributed by atoms with van der Waals surface area (Å²) in [5.41, 5.74) is 0.913. The van der Waals surface area contributed by atoms with E-state index in [4.69, 9.17) is 14.0 Å². The minimum absolute atomic E-state index is 0.326. The molecule has 0 unspecified atom stereocenters. The number of nitrogens with zero attached hydrogens (tertiary/aromatic N) is 2. The Bertz CT molecular complexity index is 1110. The Morgan fingerprint density at radius 3 is 2.17 bits per heavy atom. The SMILES string of the molecule is CC(C)(C#N)C[C@]1(c2ccccc2)CCN(CCc2ccc(B3OC(C)(C)C(C)(C)O3)cc2)C(=O)O1. The first-order valence-corrected chi connectivity index (χ1v) is 12.8. The van der Waals surface area contributed by atoms with Gasteiger partial charge in [0.05, 0.1) is 22.7 Å². The maximum atomic E-state index is 13.1. The lowest BCUT2D eigenvalue weighted by molar-refractivity contribution is -0.0701. The van der Waals surface area contributed by atoms with Crippen molar-refractivity contribution in [3.8, 4) is 6.07 Å². The third kappa shape index (κ3) is 5.30. The van der Waals surface area contributed by atoms with Crippen molar-refractivity contribution in [2.24, 2.45) is 5.41 Å². The van der Waals surface area contributed by atoms with E-state index in [1.165, 1.54) is 0 Å². The third-order valence-electron chi connectivity index (χ3n) is 7.83. The fourth-order valence-electron chi connectivity index (χ4n) is 4.90. The van der Waals surface area contributed by atoms with Crippen LogP contribution in [0.4, 0.5) is 4.79 Å². The number of cyclic esters (lactones) is 1. The van der Waals surface area contributed by atoms with Crippen LogP contribution < -0.4 is 5.46 Å². The molecule has 0 spiro atoms. The quantitative estimate of drug-likeness (QED) is 0.501. The molecule has 0 N–H and O–H groups in total. The highest BCUT2D eigenvalue weighted by Crippen LogP contribution is 2.43. The van der Waals surface area contributed by atoms with Crippen LogP contribution in [0.15, 0.2) is 54.6 Å². The molecule has 7 heteroatoms. The molecule has 190 valence electrons. The highest BCUT2D eigenvalue weighted by atomic mass is 16.7. The molecule has 2 heterocycles. The molecule has 0 aromatic heterocycles. The molecule has 2 aliphatic heterocycles. The first kappa shape index (κ1) is 26.3. The highest BCUT2D eigenvalue weighted by Gasteiger charge is 2.51. The van der Waals surface area contributed by atoms with Crippen molar-refractivity contribution >= 4 is 18.7 Å². The summed E-state index contributed by atoms with van der Waals surface area (Å²) in [5.74, 6) is 0. The third-order valence-corrected chi connectivity index (χ3v) is 7.83. The molecule has 2 saturated heterocycles. The van der Waals surface area contributed by atoms with Gasteiger partial charge in [-0.2, -0.15) is 5.26 Å². The van der Waals surface area contributed by atoms with Crippen LogP contribution in [-0.4, -0.2) is 42.4 Å². The van der Waals surface area contributed by atoms with Crippen molar-refractivity contribution in [2.75, 3.05) is 13.1 Å². The number of hydrogen-bond donors (Lipinski definition) is 0. The van der Waals surface area contributed by atoms with Gasteiger partial charge in [-0.05, 0) is 64.6 Å². The van der Waals surface area contributed by atoms with Crippen LogP contribution in [0.2, 0.25) is 0 Å². The Balaban J connectivity index is 1.39. The van der Waals surface area contributed by atoms with E-state index in [1.807, 2.05) is 84.0 Å². The Morgan fingerprint density at radius 1 is 1.00 bits per heavy atom. The fourth-order valence-corrected chi connectivity index (χ4v) is 4.90. The van der Waals surface area contributed by atoms with Crippen LogP contribution in [0.25, 0.3) is 0 Å². The maximum absolute atomic E-state index is 13.1. The minimum Gasteiger partial charge on any atom is -0.438 e. The summed E-state index contributed by atoms with van der Waals surface area (Å²) >= 11 is 0. The van der Waals surface area contributed by atoms with E-state index in [9.17, 15) is 10.1 Å². The largest absolute Gasteiger partial charge is 0.494 e. The number of benzene rings is 2. The Labute approximate surface area is 215 Å². The molecule has 36 heavy (non-hydrogen) atoms. The molecule has 2 aromatic carbocycles. The van der Waals surface area contributed by atoms with E-state index >= 15 is 0 Å². The number of rotatable bonds is 7. The molecule has 0 radical (unpaired) electrons. The number of ether oxygens (including phenoxy) is 1. The highest BCUT2D eigenvalue weighted by molar-refractivity contribution is 6.62. The van der Waals surface area contributed by atoms with Crippen molar-refractivity contribution < 1.29 is 18.8 Å². The summed E-state index contributed by atoms with van der Waals surface area (Å²) in [6.07, 6.45) is 1.50. The summed E-state index contributed by atoms with van der Waals surface area (Å²) in [6, 6.07) is 20.4. The first-order valence-electron chi connectivity index (χ1n) is 12.8. The summed E-state index contributed by atoms with van der Waals surface area (Å²) in [4.78, 5) is 14.9. The van der Waals surface area contributed by atoms with Gasteiger partial charge in [0.25, 0.3) is 0 Å². The number of carbonyl (C=O) groups is 1. The molecule has 2 fully saturated rings. The minimum atomic E-state index is -0.793. The van der Waals surface area contributed by atoms with Gasteiger partial charge in [-0.25, -0.2) is 4.79 Å². The van der Waals surface area contributed by atoms with E-state index in [2.05, 4.69) is 18.2 Å². The van der Waals surface area contributed by atoms with Gasteiger partial charge in [0.2, 0.25) is 0 Å². The van der Waals surface area contributed by atoms with E-state index in [0.29, 0.717) is 25.9 Å². The lowest BCUT2D eigenvalue weighted by Crippen LogP contribution is -2.50. The smallest absolute Gasteiger partial charge is 0.438 e. The van der Waals surface area contributed by atoms with Crippen molar-refractivity contribution in [3.05, 3.63) is 65.7 Å². The van der Waals surface area contributed by atoms with E-state index in [0.717, 1.165) is 23.0 Å². The molecule has 2 aliphatic rings. The van der Waals surface area contributed by atoms with E-state index in [-0.39, 0.29) is 24.4 Å². The van der Waals surface area contributed by atoms with Gasteiger partial charge < -0.3 is 18.9 Å². The zero-order chi connectivity index (χ0) is 26.2. The summed E-state index contributed by atoms with van der Waals surface area (Å²) in [5, 5.41) is 9.64. The molecule has 2 aromatic rings. The van der Waals surface area contributed by atoms with Crippen molar-refractivity contribution in [1.82, 2.24) is 4.90 Å². The lowest BCUT2D eigenvalue weighted by Gasteiger charge is -2.43. The second-order valence-corrected chi connectivity index (χ2v) is 11.7. The molecule has 0 bridgehead atoms. The second kappa shape index (κ2) is 9.57. The van der Waals surface area contributed by atoms with Gasteiger partial charge >= 0.3 is 13.2 Å². The van der Waals surface area contributed by atoms with Crippen LogP contribution in [0.3, 0.4) is 0 Å². The van der Waals surface area contributed by atoms with Gasteiger partial charge in [0, 0.05) is 25.9 Å². The van der Waals surface area contributed by atoms with Crippen LogP contribution >= 0.6 is 0 Å². The molecule has 0 aliphatic carbocycles. The lowest BCUT2D eigenvalue weighted by atomic mass is 9.75. The first-order chi connectivity index (χ1) is 16.9. The van der Waals surface area contributed by atoms with Crippen LogP contribution in [-0.2, 0) is 26.1 Å². The average molecular weight is 488 g/mol. The van der Waals surface area contributed by atoms with Crippen molar-refractivity contribution in [3.63, 3.8) is 0 Å². The number of hydrogen-bond acceptors (Lipinski definition) is 5. The second-order valence-electron chi connectivity index (χ2n) is 11.7. The standard InChI is InChI=1S/C29H37BN2O4/c1-26(2,21-31)20-29(23-10-8-7-9-11-23)17-19-32(25(33)34-29)18-16-22-12-14-24(15-13-22)30-35-27(3,4)28(5,6)36-30/h7-15H,16-20H2,1-6H3/t29-/m0/s1. The Hall–Kier alpha value is -2.82. The predicted molar refractivity (Wildman–Crippen MR) is 141 cm³/mol. The average Bonchev–Trinajstić information content (AvgIpc) is 3.06. The summed E-state index contributed by atoms with van der Waals surface area (Å²) in [6.45, 7) is 13.1. The van der Waals surface area contributed by atoms with Crippen molar-refractivity contribution in [2.45, 2.75) is 77.6 Å². The molecule has 1 atom stereocenters. The van der Waals surface area contributed by atoms with Gasteiger partial charge in [0.1, 0.15) is 5.60 Å². The molecular formula is C29H37BN2O4. The van der Waals surface area contributed by atoms with Gasteiger partial charge in [-0.1, -0.05) is 54.6 Å². The van der Waals surface area contributed by atoms with Gasteiger partial charge in [-0.3, -0.25) is 0 Å². The van der Waals surface area contributed by atoms with Crippen LogP contribution in [0.1, 0.15) is 65.5 Å². The number of carbonyl (C=O) groups excluding carboxylic acids is 1. The van der Waals surface area contributed by atoms with E-state index < -0.39 is 11.0 Å². The predicted octanol–water partition coefficient (Wildman–Crippen LogP) is 5.21. The zero-order valence-corrected chi connectivity index (χ0v) is 22.3. The fraction of sp³-hybridized carbons (Fsp3) is 0.517. The molecule has 4 rings (SSSR count). The normalized spacial score (nSPS) is 23.3. The summed E-state index contributed by atoms with van der Waals surface area (Å²) in [7, 11) is -0.384.